The summed E-state index contributed by atoms with van der Waals surface area (Å²) in [6.45, 7) is 2.42. The van der Waals surface area contributed by atoms with Crippen LogP contribution in [0.3, 0.4) is 0 Å². The van der Waals surface area contributed by atoms with Crippen molar-refractivity contribution in [2.75, 3.05) is 18.2 Å². The molecule has 3 aromatic rings. The number of hydrogen-bond donors (Lipinski definition) is 2. The summed E-state index contributed by atoms with van der Waals surface area (Å²) >= 11 is 1.17. The Bertz CT molecular complexity index is 1260. The first-order valence-corrected chi connectivity index (χ1v) is 11.4. The number of thioether (sulfide) groups is 1. The van der Waals surface area contributed by atoms with E-state index in [1.807, 2.05) is 6.92 Å². The van der Waals surface area contributed by atoms with E-state index in [-0.39, 0.29) is 29.5 Å². The van der Waals surface area contributed by atoms with Gasteiger partial charge in [-0.3, -0.25) is 19.7 Å². The smallest absolute Gasteiger partial charge is 0.337 e. The molecule has 0 aliphatic rings. The van der Waals surface area contributed by atoms with E-state index in [9.17, 15) is 24.5 Å². The lowest BCUT2D eigenvalue weighted by Gasteiger charge is -2.09. The minimum atomic E-state index is -0.569. The molecule has 2 aromatic carbocycles. The third-order valence-electron chi connectivity index (χ3n) is 4.74. The van der Waals surface area contributed by atoms with Crippen LogP contribution in [0.2, 0.25) is 0 Å². The number of non-ortho nitro benzene ring substituents is 1. The average Bonchev–Trinajstić information content (AvgIpc) is 3.27. The lowest BCUT2D eigenvalue weighted by Crippen LogP contribution is -2.25. The van der Waals surface area contributed by atoms with E-state index < -0.39 is 16.8 Å². The third-order valence-corrected chi connectivity index (χ3v) is 5.70. The van der Waals surface area contributed by atoms with Crippen LogP contribution in [-0.4, -0.2) is 50.3 Å². The lowest BCUT2D eigenvalue weighted by atomic mass is 10.2. The van der Waals surface area contributed by atoms with Gasteiger partial charge >= 0.3 is 5.97 Å². The minimum absolute atomic E-state index is 0.0423. The fourth-order valence-electron chi connectivity index (χ4n) is 3.07. The molecule has 0 fully saturated rings. The highest BCUT2D eigenvalue weighted by molar-refractivity contribution is 7.99. The van der Waals surface area contributed by atoms with Crippen molar-refractivity contribution in [2.45, 2.75) is 25.2 Å². The molecule has 0 bridgehead atoms. The first kappa shape index (κ1) is 25.4. The minimum Gasteiger partial charge on any atom is -0.465 e. The molecule has 0 saturated heterocycles. The maximum atomic E-state index is 12.4. The molecule has 35 heavy (non-hydrogen) atoms. The summed E-state index contributed by atoms with van der Waals surface area (Å²) < 4.78 is 6.43. The normalized spacial score (nSPS) is 10.5. The quantitative estimate of drug-likeness (QED) is 0.185. The zero-order valence-electron chi connectivity index (χ0n) is 18.9. The number of nitro groups is 1. The Morgan fingerprint density at radius 3 is 2.57 bits per heavy atom. The van der Waals surface area contributed by atoms with Crippen molar-refractivity contribution in [2.24, 2.45) is 0 Å². The Hall–Kier alpha value is -4.26. The third kappa shape index (κ3) is 6.63. The van der Waals surface area contributed by atoms with E-state index in [0.29, 0.717) is 28.8 Å². The van der Waals surface area contributed by atoms with Crippen molar-refractivity contribution in [3.63, 3.8) is 0 Å². The summed E-state index contributed by atoms with van der Waals surface area (Å²) in [6, 6.07) is 11.8. The number of nitrogens with zero attached hydrogens (tertiary/aromatic N) is 4. The number of carbonyl (C=O) groups is 3. The standard InChI is InChI=1S/C22H22N6O6S/c1-3-27-18(12-23-20(30)14-6-5-9-17(11-14)28(32)33)25-26-22(27)35-13-19(29)24-16-8-4-7-15(10-16)21(31)34-2/h4-11H,3,12-13H2,1-2H3,(H,23,30)(H,24,29). The molecule has 0 spiro atoms. The number of ether oxygens (including phenoxy) is 1. The Kier molecular flexibility index (Phi) is 8.51. The molecule has 1 aromatic heterocycles. The SMILES string of the molecule is CCn1c(CNC(=O)c2cccc([N+](=O)[O-])c2)nnc1SCC(=O)Nc1cccc(C(=O)OC)c1. The molecule has 0 saturated carbocycles. The summed E-state index contributed by atoms with van der Waals surface area (Å²) in [6.07, 6.45) is 0. The van der Waals surface area contributed by atoms with Crippen molar-refractivity contribution < 1.29 is 24.0 Å². The average molecular weight is 499 g/mol. The van der Waals surface area contributed by atoms with E-state index in [1.165, 1.54) is 49.2 Å². The number of carbonyl (C=O) groups excluding carboxylic acids is 3. The second-order valence-electron chi connectivity index (χ2n) is 7.04. The summed E-state index contributed by atoms with van der Waals surface area (Å²) in [5.41, 5.74) is 0.758. The van der Waals surface area contributed by atoms with Gasteiger partial charge in [0.25, 0.3) is 11.6 Å². The van der Waals surface area contributed by atoms with Crippen molar-refractivity contribution in [3.8, 4) is 0 Å². The summed E-state index contributed by atoms with van der Waals surface area (Å²) in [4.78, 5) is 46.8. The van der Waals surface area contributed by atoms with Gasteiger partial charge in [-0.05, 0) is 31.2 Å². The highest BCUT2D eigenvalue weighted by Gasteiger charge is 2.16. The van der Waals surface area contributed by atoms with Gasteiger partial charge in [0.2, 0.25) is 5.91 Å². The fourth-order valence-corrected chi connectivity index (χ4v) is 3.89. The van der Waals surface area contributed by atoms with E-state index in [1.54, 1.807) is 22.8 Å². The number of nitrogens with one attached hydrogen (secondary N) is 2. The number of methoxy groups -OCH3 is 1. The molecule has 0 unspecified atom stereocenters. The largest absolute Gasteiger partial charge is 0.465 e. The second-order valence-corrected chi connectivity index (χ2v) is 7.98. The van der Waals surface area contributed by atoms with Crippen LogP contribution in [-0.2, 0) is 22.6 Å². The molecule has 0 radical (unpaired) electrons. The Labute approximate surface area is 204 Å². The van der Waals surface area contributed by atoms with Gasteiger partial charge < -0.3 is 19.9 Å². The first-order chi connectivity index (χ1) is 16.8. The molecule has 2 amide bonds. The highest BCUT2D eigenvalue weighted by Crippen LogP contribution is 2.19. The molecule has 0 aliphatic heterocycles. The molecule has 0 atom stereocenters. The predicted octanol–water partition coefficient (Wildman–Crippen LogP) is 2.65. The van der Waals surface area contributed by atoms with Gasteiger partial charge in [-0.1, -0.05) is 23.9 Å². The molecule has 13 heteroatoms. The number of anilines is 1. The summed E-state index contributed by atoms with van der Waals surface area (Å²) in [7, 11) is 1.28. The van der Waals surface area contributed by atoms with Crippen LogP contribution in [0.1, 0.15) is 33.5 Å². The molecule has 2 N–H and O–H groups in total. The van der Waals surface area contributed by atoms with E-state index in [4.69, 9.17) is 0 Å². The van der Waals surface area contributed by atoms with E-state index >= 15 is 0 Å². The monoisotopic (exact) mass is 498 g/mol. The number of rotatable bonds is 10. The van der Waals surface area contributed by atoms with Crippen molar-refractivity contribution in [3.05, 3.63) is 75.6 Å². The van der Waals surface area contributed by atoms with Crippen LogP contribution >= 0.6 is 11.8 Å². The predicted molar refractivity (Wildman–Crippen MR) is 127 cm³/mol. The molecule has 3 rings (SSSR count). The van der Waals surface area contributed by atoms with E-state index in [2.05, 4.69) is 25.6 Å². The van der Waals surface area contributed by atoms with E-state index in [0.717, 1.165) is 0 Å². The van der Waals surface area contributed by atoms with Crippen molar-refractivity contribution in [1.82, 2.24) is 20.1 Å². The van der Waals surface area contributed by atoms with Crippen LogP contribution in [0, 0.1) is 10.1 Å². The van der Waals surface area contributed by atoms with Gasteiger partial charge in [0.1, 0.15) is 0 Å². The number of nitro benzene ring substituents is 1. The Morgan fingerprint density at radius 2 is 1.86 bits per heavy atom. The van der Waals surface area contributed by atoms with Gasteiger partial charge in [-0.15, -0.1) is 10.2 Å². The summed E-state index contributed by atoms with van der Waals surface area (Å²) in [5.74, 6) is -0.775. The van der Waals surface area contributed by atoms with Gasteiger partial charge in [0, 0.05) is 29.9 Å². The lowest BCUT2D eigenvalue weighted by molar-refractivity contribution is -0.384. The first-order valence-electron chi connectivity index (χ1n) is 10.4. The molecule has 12 nitrogen and oxygen atoms in total. The summed E-state index contributed by atoms with van der Waals surface area (Å²) in [5, 5.41) is 25.0. The Balaban J connectivity index is 1.58. The maximum absolute atomic E-state index is 12.4. The van der Waals surface area contributed by atoms with Gasteiger partial charge in [0.15, 0.2) is 11.0 Å². The van der Waals surface area contributed by atoms with Gasteiger partial charge in [-0.2, -0.15) is 0 Å². The van der Waals surface area contributed by atoms with Crippen LogP contribution in [0.5, 0.6) is 0 Å². The Morgan fingerprint density at radius 1 is 1.11 bits per heavy atom. The maximum Gasteiger partial charge on any atom is 0.337 e. The number of esters is 1. The molecular weight excluding hydrogens is 476 g/mol. The van der Waals surface area contributed by atoms with Crippen molar-refractivity contribution in [1.29, 1.82) is 0 Å². The second kappa shape index (κ2) is 11.7. The van der Waals surface area contributed by atoms with Crippen LogP contribution in [0.15, 0.2) is 53.7 Å². The molecule has 1 heterocycles. The fraction of sp³-hybridized carbons (Fsp3) is 0.227. The zero-order chi connectivity index (χ0) is 25.4. The molecular formula is C22H22N6O6S. The van der Waals surface area contributed by atoms with Crippen LogP contribution < -0.4 is 10.6 Å². The highest BCUT2D eigenvalue weighted by atomic mass is 32.2. The topological polar surface area (TPSA) is 158 Å². The zero-order valence-corrected chi connectivity index (χ0v) is 19.7. The number of hydrogen-bond acceptors (Lipinski definition) is 9. The van der Waals surface area contributed by atoms with Crippen LogP contribution in [0.4, 0.5) is 11.4 Å². The number of aromatic nitrogens is 3. The van der Waals surface area contributed by atoms with Gasteiger partial charge in [0.05, 0.1) is 29.9 Å². The number of amides is 2. The van der Waals surface area contributed by atoms with Gasteiger partial charge in [-0.25, -0.2) is 4.79 Å². The molecule has 182 valence electrons. The number of benzene rings is 2. The van der Waals surface area contributed by atoms with Crippen molar-refractivity contribution >= 4 is 40.9 Å². The molecule has 0 aliphatic carbocycles. The van der Waals surface area contributed by atoms with Crippen LogP contribution in [0.25, 0.3) is 0 Å².